The number of halogens is 2. The van der Waals surface area contributed by atoms with Crippen LogP contribution in [-0.2, 0) is 22.0 Å². The summed E-state index contributed by atoms with van der Waals surface area (Å²) >= 11 is 6.06. The SMILES string of the molecule is CCN1CCc2cc(CS(=O)(=O)c3cccc(Cl)c3C)ccc21.Cl. The van der Waals surface area contributed by atoms with E-state index >= 15 is 0 Å². The molecule has 3 nitrogen and oxygen atoms in total. The highest BCUT2D eigenvalue weighted by atomic mass is 35.5. The molecule has 2 aromatic rings. The van der Waals surface area contributed by atoms with Crippen LogP contribution >= 0.6 is 24.0 Å². The molecule has 1 aliphatic rings. The molecule has 2 aromatic carbocycles. The van der Waals surface area contributed by atoms with Gasteiger partial charge in [0.1, 0.15) is 0 Å². The number of likely N-dealkylation sites (N-methyl/N-ethyl adjacent to an activating group) is 1. The fourth-order valence-electron chi connectivity index (χ4n) is 3.16. The monoisotopic (exact) mass is 385 g/mol. The van der Waals surface area contributed by atoms with Crippen molar-refractivity contribution in [3.63, 3.8) is 0 Å². The van der Waals surface area contributed by atoms with Gasteiger partial charge >= 0.3 is 0 Å². The summed E-state index contributed by atoms with van der Waals surface area (Å²) in [6.45, 7) is 5.87. The number of hydrogen-bond donors (Lipinski definition) is 0. The number of anilines is 1. The van der Waals surface area contributed by atoms with E-state index in [4.69, 9.17) is 11.6 Å². The molecule has 1 aliphatic heterocycles. The summed E-state index contributed by atoms with van der Waals surface area (Å²) in [6.07, 6.45) is 0.979. The van der Waals surface area contributed by atoms with Crippen molar-refractivity contribution in [2.24, 2.45) is 0 Å². The largest absolute Gasteiger partial charge is 0.371 e. The highest BCUT2D eigenvalue weighted by molar-refractivity contribution is 7.90. The molecule has 0 atom stereocenters. The van der Waals surface area contributed by atoms with E-state index in [2.05, 4.69) is 11.8 Å². The van der Waals surface area contributed by atoms with E-state index in [0.717, 1.165) is 25.1 Å². The lowest BCUT2D eigenvalue weighted by atomic mass is 10.1. The van der Waals surface area contributed by atoms with Gasteiger partial charge in [0, 0.05) is 23.8 Å². The van der Waals surface area contributed by atoms with Gasteiger partial charge in [-0.25, -0.2) is 8.42 Å². The van der Waals surface area contributed by atoms with Gasteiger partial charge in [-0.1, -0.05) is 29.8 Å². The summed E-state index contributed by atoms with van der Waals surface area (Å²) in [4.78, 5) is 2.63. The van der Waals surface area contributed by atoms with Gasteiger partial charge in [0.05, 0.1) is 10.6 Å². The van der Waals surface area contributed by atoms with E-state index in [1.807, 2.05) is 18.2 Å². The first-order valence-electron chi connectivity index (χ1n) is 7.77. The van der Waals surface area contributed by atoms with Gasteiger partial charge in [-0.2, -0.15) is 0 Å². The maximum absolute atomic E-state index is 12.7. The number of nitrogens with zero attached hydrogens (tertiary/aromatic N) is 1. The molecule has 24 heavy (non-hydrogen) atoms. The van der Waals surface area contributed by atoms with Gasteiger partial charge in [-0.15, -0.1) is 12.4 Å². The fraction of sp³-hybridized carbons (Fsp3) is 0.333. The quantitative estimate of drug-likeness (QED) is 0.780. The minimum atomic E-state index is -3.40. The molecule has 0 saturated carbocycles. The van der Waals surface area contributed by atoms with E-state index in [-0.39, 0.29) is 18.2 Å². The van der Waals surface area contributed by atoms with Crippen LogP contribution in [0.15, 0.2) is 41.3 Å². The summed E-state index contributed by atoms with van der Waals surface area (Å²) in [6, 6.07) is 11.0. The Balaban J connectivity index is 0.00000208. The van der Waals surface area contributed by atoms with Crippen LogP contribution in [0.4, 0.5) is 5.69 Å². The van der Waals surface area contributed by atoms with Gasteiger partial charge in [0.25, 0.3) is 0 Å². The molecule has 6 heteroatoms. The molecule has 0 unspecified atom stereocenters. The van der Waals surface area contributed by atoms with Crippen molar-refractivity contribution in [1.29, 1.82) is 0 Å². The molecular formula is C18H21Cl2NO2S. The average molecular weight is 386 g/mol. The van der Waals surface area contributed by atoms with Crippen LogP contribution in [0.5, 0.6) is 0 Å². The molecule has 1 heterocycles. The van der Waals surface area contributed by atoms with Crippen LogP contribution in [0, 0.1) is 6.92 Å². The zero-order valence-corrected chi connectivity index (χ0v) is 16.1. The molecular weight excluding hydrogens is 365 g/mol. The van der Waals surface area contributed by atoms with Crippen molar-refractivity contribution in [3.05, 3.63) is 58.1 Å². The summed E-state index contributed by atoms with van der Waals surface area (Å²) in [5.74, 6) is 0.00753. The molecule has 0 aliphatic carbocycles. The van der Waals surface area contributed by atoms with Gasteiger partial charge in [0.2, 0.25) is 0 Å². The van der Waals surface area contributed by atoms with E-state index < -0.39 is 9.84 Å². The molecule has 0 saturated heterocycles. The number of fused-ring (bicyclic) bond motifs is 1. The highest BCUT2D eigenvalue weighted by Gasteiger charge is 2.22. The summed E-state index contributed by atoms with van der Waals surface area (Å²) < 4.78 is 25.5. The molecule has 3 rings (SSSR count). The third-order valence-corrected chi connectivity index (χ3v) is 6.66. The number of rotatable bonds is 4. The predicted molar refractivity (Wildman–Crippen MR) is 102 cm³/mol. The van der Waals surface area contributed by atoms with E-state index in [1.165, 1.54) is 11.3 Å². The van der Waals surface area contributed by atoms with Crippen LogP contribution in [0.25, 0.3) is 0 Å². The minimum absolute atomic E-state index is 0. The first-order chi connectivity index (χ1) is 10.9. The Labute approximate surface area is 155 Å². The number of hydrogen-bond acceptors (Lipinski definition) is 3. The Hall–Kier alpha value is -1.23. The van der Waals surface area contributed by atoms with E-state index in [1.54, 1.807) is 25.1 Å². The molecule has 0 bridgehead atoms. The van der Waals surface area contributed by atoms with Crippen molar-refractivity contribution in [1.82, 2.24) is 0 Å². The molecule has 0 aromatic heterocycles. The Morgan fingerprint density at radius 1 is 1.21 bits per heavy atom. The standard InChI is InChI=1S/C18H20ClNO2S.ClH/c1-3-20-10-9-15-11-14(7-8-17(15)20)12-23(21,22)18-6-4-5-16(19)13(18)2;/h4-8,11H,3,9-10,12H2,1-2H3;1H. The van der Waals surface area contributed by atoms with Crippen LogP contribution in [0.2, 0.25) is 5.02 Å². The zero-order chi connectivity index (χ0) is 16.6. The third kappa shape index (κ3) is 3.56. The smallest absolute Gasteiger partial charge is 0.182 e. The lowest BCUT2D eigenvalue weighted by molar-refractivity contribution is 0.594. The van der Waals surface area contributed by atoms with Gasteiger partial charge in [-0.3, -0.25) is 0 Å². The van der Waals surface area contributed by atoms with E-state index in [0.29, 0.717) is 15.5 Å². The second kappa shape index (κ2) is 7.34. The Morgan fingerprint density at radius 2 is 1.96 bits per heavy atom. The second-order valence-corrected chi connectivity index (χ2v) is 8.28. The molecule has 0 radical (unpaired) electrons. The number of sulfone groups is 1. The van der Waals surface area contributed by atoms with E-state index in [9.17, 15) is 8.42 Å². The first kappa shape index (κ1) is 19.1. The van der Waals surface area contributed by atoms with Crippen molar-refractivity contribution in [2.45, 2.75) is 30.9 Å². The normalized spacial score (nSPS) is 13.5. The second-order valence-electron chi connectivity index (χ2n) is 5.91. The van der Waals surface area contributed by atoms with Crippen LogP contribution in [0.3, 0.4) is 0 Å². The molecule has 0 spiro atoms. The molecule has 130 valence electrons. The first-order valence-corrected chi connectivity index (χ1v) is 9.80. The lowest BCUT2D eigenvalue weighted by Gasteiger charge is -2.16. The Bertz CT molecular complexity index is 850. The van der Waals surface area contributed by atoms with Crippen LogP contribution in [0.1, 0.15) is 23.6 Å². The van der Waals surface area contributed by atoms with Gasteiger partial charge in [0.15, 0.2) is 9.84 Å². The number of benzene rings is 2. The summed E-state index contributed by atoms with van der Waals surface area (Å²) in [7, 11) is -3.40. The molecule has 0 fully saturated rings. The summed E-state index contributed by atoms with van der Waals surface area (Å²) in [5, 5.41) is 0.485. The maximum Gasteiger partial charge on any atom is 0.182 e. The molecule has 0 amide bonds. The molecule has 0 N–H and O–H groups in total. The summed E-state index contributed by atoms with van der Waals surface area (Å²) in [5.41, 5.74) is 3.92. The zero-order valence-electron chi connectivity index (χ0n) is 13.8. The van der Waals surface area contributed by atoms with Crippen molar-refractivity contribution in [3.8, 4) is 0 Å². The minimum Gasteiger partial charge on any atom is -0.371 e. The van der Waals surface area contributed by atoms with Gasteiger partial charge < -0.3 is 4.90 Å². The van der Waals surface area contributed by atoms with Crippen molar-refractivity contribution >= 4 is 39.5 Å². The highest BCUT2D eigenvalue weighted by Crippen LogP contribution is 2.30. The fourth-order valence-corrected chi connectivity index (χ4v) is 5.03. The van der Waals surface area contributed by atoms with Crippen LogP contribution in [-0.4, -0.2) is 21.5 Å². The average Bonchev–Trinajstić information content (AvgIpc) is 2.91. The van der Waals surface area contributed by atoms with Crippen molar-refractivity contribution < 1.29 is 8.42 Å². The maximum atomic E-state index is 12.7. The van der Waals surface area contributed by atoms with Crippen molar-refractivity contribution in [2.75, 3.05) is 18.0 Å². The predicted octanol–water partition coefficient (Wildman–Crippen LogP) is 4.43. The Kier molecular flexibility index (Phi) is 5.84. The lowest BCUT2D eigenvalue weighted by Crippen LogP contribution is -2.19. The van der Waals surface area contributed by atoms with Gasteiger partial charge in [-0.05, 0) is 55.2 Å². The third-order valence-electron chi connectivity index (χ3n) is 4.43. The van der Waals surface area contributed by atoms with Crippen LogP contribution < -0.4 is 4.90 Å². The topological polar surface area (TPSA) is 37.4 Å². The Morgan fingerprint density at radius 3 is 2.67 bits per heavy atom.